The number of hydrogen-bond donors (Lipinski definition) is 1. The summed E-state index contributed by atoms with van der Waals surface area (Å²) < 4.78 is 26.8. The van der Waals surface area contributed by atoms with Gasteiger partial charge in [0.25, 0.3) is 5.91 Å². The van der Waals surface area contributed by atoms with E-state index >= 15 is 0 Å². The van der Waals surface area contributed by atoms with Gasteiger partial charge in [-0.25, -0.2) is 9.37 Å². The van der Waals surface area contributed by atoms with Gasteiger partial charge in [0, 0.05) is 74.8 Å². The topological polar surface area (TPSA) is 116 Å². The fraction of sp³-hybridized carbons (Fsp3) is 0.444. The second kappa shape index (κ2) is 11.8. The normalized spacial score (nSPS) is 20.1. The molecule has 5 aromatic rings. The second-order valence-electron chi connectivity index (χ2n) is 13.9. The first-order chi connectivity index (χ1) is 23.2. The highest BCUT2D eigenvalue weighted by Crippen LogP contribution is 2.41. The van der Waals surface area contributed by atoms with E-state index < -0.39 is 12.2 Å². The second-order valence-corrected chi connectivity index (χ2v) is 13.9. The van der Waals surface area contributed by atoms with Gasteiger partial charge in [-0.2, -0.15) is 5.10 Å². The van der Waals surface area contributed by atoms with Gasteiger partial charge < -0.3 is 29.4 Å². The molecule has 2 aromatic carbocycles. The number of ether oxygens (including phenoxy) is 1. The lowest BCUT2D eigenvalue weighted by Gasteiger charge is -2.39. The highest BCUT2D eigenvalue weighted by molar-refractivity contribution is 6.00. The summed E-state index contributed by atoms with van der Waals surface area (Å²) >= 11 is 0. The van der Waals surface area contributed by atoms with Crippen LogP contribution in [0, 0.1) is 5.92 Å². The Labute approximate surface area is 278 Å². The molecule has 5 heterocycles. The van der Waals surface area contributed by atoms with Crippen LogP contribution < -0.4 is 10.5 Å². The molecule has 12 heteroatoms. The molecule has 250 valence electrons. The molecule has 2 N–H and O–H groups in total. The summed E-state index contributed by atoms with van der Waals surface area (Å²) in [5.41, 5.74) is 12.3. The Kier molecular flexibility index (Phi) is 7.50. The van der Waals surface area contributed by atoms with E-state index in [1.165, 1.54) is 28.8 Å². The number of aryl methyl sites for hydroxylation is 1. The van der Waals surface area contributed by atoms with Gasteiger partial charge in [0.05, 0.1) is 43.1 Å². The number of rotatable bonds is 8. The van der Waals surface area contributed by atoms with Crippen molar-refractivity contribution >= 4 is 33.8 Å². The number of fused-ring (bicyclic) bond motifs is 2. The van der Waals surface area contributed by atoms with Crippen LogP contribution in [-0.2, 0) is 24.9 Å². The smallest absolute Gasteiger partial charge is 0.254 e. The number of imidazole rings is 1. The number of nitrogens with zero attached hydrogens (tertiary/aromatic N) is 7. The molecule has 2 saturated heterocycles. The summed E-state index contributed by atoms with van der Waals surface area (Å²) in [7, 11) is 3.49. The quantitative estimate of drug-likeness (QED) is 0.267. The minimum atomic E-state index is -1.16. The molecule has 3 aliphatic rings. The van der Waals surface area contributed by atoms with E-state index in [9.17, 15) is 14.0 Å². The molecule has 48 heavy (non-hydrogen) atoms. The Morgan fingerprint density at radius 3 is 2.54 bits per heavy atom. The number of amides is 2. The highest BCUT2D eigenvalue weighted by Gasteiger charge is 2.34. The lowest BCUT2D eigenvalue weighted by atomic mass is 9.90. The first-order valence-electron chi connectivity index (χ1n) is 16.8. The van der Waals surface area contributed by atoms with Crippen molar-refractivity contribution in [2.75, 3.05) is 33.3 Å². The molecule has 3 aromatic heterocycles. The summed E-state index contributed by atoms with van der Waals surface area (Å²) in [5, 5.41) is 5.55. The molecule has 8 rings (SSSR count). The summed E-state index contributed by atoms with van der Waals surface area (Å²) in [4.78, 5) is 34.4. The van der Waals surface area contributed by atoms with Gasteiger partial charge >= 0.3 is 0 Å². The standard InChI is InChI=1S/C36H41FN8O3/c1-21(46)42-17-26(18-42)29-6-4-5-24-10-31(44(33(24)29)15-22-7-8-22)35-40-30-9-25(36(47)43-19-27(37)12-28(38)20-43)11-32(48-3)34(30)45(35)16-23-13-39-41(2)14-23/h4-6,9-11,13-14,22,26-28H,7-8,12,15-20,38H2,1-3H3/t27-,28-/m1/s1. The lowest BCUT2D eigenvalue weighted by Crippen LogP contribution is -2.50. The molecule has 3 fully saturated rings. The Balaban J connectivity index is 1.30. The van der Waals surface area contributed by atoms with Crippen molar-refractivity contribution in [3.8, 4) is 17.3 Å². The van der Waals surface area contributed by atoms with Crippen LogP contribution in [0.15, 0.2) is 48.8 Å². The van der Waals surface area contributed by atoms with Crippen molar-refractivity contribution in [1.29, 1.82) is 0 Å². The number of carbonyl (C=O) groups excluding carboxylic acids is 2. The van der Waals surface area contributed by atoms with Gasteiger partial charge in [-0.05, 0) is 48.9 Å². The minimum absolute atomic E-state index is 0.0162. The van der Waals surface area contributed by atoms with Crippen LogP contribution in [0.3, 0.4) is 0 Å². The zero-order chi connectivity index (χ0) is 33.3. The molecule has 0 radical (unpaired) electrons. The Hall–Kier alpha value is -4.71. The SMILES string of the molecule is COc1cc(C(=O)N2C[C@H](N)C[C@@H](F)C2)cc2nc(-c3cc4cccc(C5CN(C(C)=O)C5)c4n3CC3CC3)n(Cc3cnn(C)c3)c12. The van der Waals surface area contributed by atoms with E-state index in [2.05, 4.69) is 38.5 Å². The van der Waals surface area contributed by atoms with Gasteiger partial charge in [-0.3, -0.25) is 14.3 Å². The van der Waals surface area contributed by atoms with Crippen molar-refractivity contribution in [3.05, 3.63) is 65.5 Å². The van der Waals surface area contributed by atoms with Gasteiger partial charge in [0.1, 0.15) is 17.4 Å². The zero-order valence-corrected chi connectivity index (χ0v) is 27.6. The number of aromatic nitrogens is 5. The van der Waals surface area contributed by atoms with Gasteiger partial charge in [0.15, 0.2) is 5.82 Å². The number of likely N-dealkylation sites (tertiary alicyclic amines) is 2. The number of carbonyl (C=O) groups is 2. The number of alkyl halides is 1. The number of hydrogen-bond acceptors (Lipinski definition) is 6. The zero-order valence-electron chi connectivity index (χ0n) is 27.6. The maximum absolute atomic E-state index is 14.5. The maximum atomic E-state index is 14.5. The molecule has 2 aliphatic heterocycles. The van der Waals surface area contributed by atoms with Crippen LogP contribution in [0.25, 0.3) is 33.5 Å². The number of methoxy groups -OCH3 is 1. The van der Waals surface area contributed by atoms with Crippen LogP contribution in [-0.4, -0.2) is 91.0 Å². The average Bonchev–Trinajstić information content (AvgIpc) is 3.47. The molecule has 0 spiro atoms. The van der Waals surface area contributed by atoms with Gasteiger partial charge in [0.2, 0.25) is 5.91 Å². The number of halogens is 1. The van der Waals surface area contributed by atoms with Crippen LogP contribution in [0.2, 0.25) is 0 Å². The molecule has 2 amide bonds. The molecule has 2 atom stereocenters. The Morgan fingerprint density at radius 1 is 1.04 bits per heavy atom. The number of benzene rings is 2. The van der Waals surface area contributed by atoms with Crippen molar-refractivity contribution in [2.24, 2.45) is 18.7 Å². The van der Waals surface area contributed by atoms with Crippen LogP contribution in [0.1, 0.15) is 53.6 Å². The van der Waals surface area contributed by atoms with E-state index in [0.717, 1.165) is 47.6 Å². The predicted octanol–water partition coefficient (Wildman–Crippen LogP) is 4.32. The fourth-order valence-corrected chi connectivity index (χ4v) is 7.57. The molecule has 0 bridgehead atoms. The van der Waals surface area contributed by atoms with Crippen molar-refractivity contribution in [2.45, 2.75) is 57.4 Å². The lowest BCUT2D eigenvalue weighted by molar-refractivity contribution is -0.133. The molecule has 11 nitrogen and oxygen atoms in total. The van der Waals surface area contributed by atoms with Crippen molar-refractivity contribution in [1.82, 2.24) is 33.7 Å². The highest BCUT2D eigenvalue weighted by atomic mass is 19.1. The largest absolute Gasteiger partial charge is 0.494 e. The monoisotopic (exact) mass is 652 g/mol. The van der Waals surface area contributed by atoms with Crippen LogP contribution in [0.4, 0.5) is 4.39 Å². The third-order valence-electron chi connectivity index (χ3n) is 10.2. The molecular weight excluding hydrogens is 611 g/mol. The number of para-hydroxylation sites is 1. The van der Waals surface area contributed by atoms with Gasteiger partial charge in [-0.1, -0.05) is 18.2 Å². The molecule has 1 aliphatic carbocycles. The van der Waals surface area contributed by atoms with E-state index in [4.69, 9.17) is 15.5 Å². The Morgan fingerprint density at radius 2 is 1.85 bits per heavy atom. The summed E-state index contributed by atoms with van der Waals surface area (Å²) in [6.45, 7) is 4.74. The minimum Gasteiger partial charge on any atom is -0.494 e. The predicted molar refractivity (Wildman–Crippen MR) is 181 cm³/mol. The summed E-state index contributed by atoms with van der Waals surface area (Å²) in [6, 6.07) is 11.8. The first kappa shape index (κ1) is 30.6. The average molecular weight is 653 g/mol. The van der Waals surface area contributed by atoms with E-state index in [1.807, 2.05) is 24.3 Å². The first-order valence-corrected chi connectivity index (χ1v) is 16.8. The Bertz CT molecular complexity index is 2040. The summed E-state index contributed by atoms with van der Waals surface area (Å²) in [6.07, 6.45) is 5.31. The summed E-state index contributed by atoms with van der Waals surface area (Å²) in [5.74, 6) is 1.96. The van der Waals surface area contributed by atoms with Crippen molar-refractivity contribution < 1.29 is 18.7 Å². The van der Waals surface area contributed by atoms with E-state index in [1.54, 1.807) is 30.8 Å². The maximum Gasteiger partial charge on any atom is 0.254 e. The molecule has 0 unspecified atom stereocenters. The number of nitrogens with two attached hydrogens (primary N) is 1. The fourth-order valence-electron chi connectivity index (χ4n) is 7.57. The van der Waals surface area contributed by atoms with Gasteiger partial charge in [-0.15, -0.1) is 0 Å². The molecular formula is C36H41FN8O3. The molecule has 1 saturated carbocycles. The van der Waals surface area contributed by atoms with Crippen molar-refractivity contribution in [3.63, 3.8) is 0 Å². The third kappa shape index (κ3) is 5.41. The van der Waals surface area contributed by atoms with Crippen LogP contribution in [0.5, 0.6) is 5.75 Å². The third-order valence-corrected chi connectivity index (χ3v) is 10.2. The number of piperidine rings is 1. The van der Waals surface area contributed by atoms with E-state index in [0.29, 0.717) is 35.8 Å². The van der Waals surface area contributed by atoms with Crippen LogP contribution >= 0.6 is 0 Å². The van der Waals surface area contributed by atoms with E-state index in [-0.39, 0.29) is 30.7 Å².